The first-order chi connectivity index (χ1) is 45.5. The molecule has 2 aromatic heterocycles. The summed E-state index contributed by atoms with van der Waals surface area (Å²) in [4.78, 5) is 61.6. The quantitative estimate of drug-likeness (QED) is 0.0385. The summed E-state index contributed by atoms with van der Waals surface area (Å²) in [7, 11) is 3.47. The minimum Gasteiger partial charge on any atom is -0.481 e. The zero-order valence-corrected chi connectivity index (χ0v) is 61.8. The van der Waals surface area contributed by atoms with Gasteiger partial charge in [-0.3, -0.25) is 39.1 Å². The number of fused-ring (bicyclic) bond motifs is 1. The number of anilines is 2. The second kappa shape index (κ2) is 35.2. The number of hydrazine groups is 1. The number of hydrogen-bond acceptors (Lipinski definition) is 12. The molecular weight excluding hydrogens is 1180 g/mol. The van der Waals surface area contributed by atoms with Crippen molar-refractivity contribution >= 4 is 40.1 Å². The Kier molecular flexibility index (Phi) is 28.0. The van der Waals surface area contributed by atoms with Crippen LogP contribution in [0.1, 0.15) is 229 Å². The SMILES string of the molecule is C#CC1CC(n2c(-c3cc(N4CCN(C5CC5)CC4)cnc3C(C)OC)c(CC(C)(C)CC(=O)O)c3cc(N(CCOC)CCC(C=CC(C)C)C(NC(=O)C(C(C)C)N4CCCC4CN(CCC)C(CC)CC)C(=O)N4CCCC(C)N4)ccc32)C1.CCC1(CC)CCC1. The summed E-state index contributed by atoms with van der Waals surface area (Å²) in [5.41, 5.74) is 10.8. The lowest BCUT2D eigenvalue weighted by molar-refractivity contribution is -0.143. The van der Waals surface area contributed by atoms with Crippen molar-refractivity contribution in [2.75, 3.05) is 96.1 Å². The molecule has 3 saturated carbocycles. The Balaban J connectivity index is 0.00000134. The Hall–Kier alpha value is -5.02. The van der Waals surface area contributed by atoms with Crippen molar-refractivity contribution in [3.63, 3.8) is 0 Å². The van der Waals surface area contributed by atoms with Crippen molar-refractivity contribution in [2.24, 2.45) is 34.5 Å². The van der Waals surface area contributed by atoms with Gasteiger partial charge in [0.1, 0.15) is 6.04 Å². The molecule has 0 spiro atoms. The Morgan fingerprint density at radius 1 is 0.884 bits per heavy atom. The standard InChI is InChI=1S/C71H112N10O6.C8H16/c1-15-30-78(54(17-3)18-4)47-57-22-20-31-79(57)67(49(7)8)69(84)73-66(70(85)80-32-19-21-50(9)74-80)53(24-23-48(5)6)29-33-75(38-39-86-13)56-27-28-63-60(42-56)62(44-71(11,12)45-64(82)83)68(81(63)58-40-52(16-2)41-58)61-43-59(46-72-65(61)51(10)87-14)77-36-34-76(35-37-77)55-25-26-55;1-3-8(4-2)6-5-7-8/h2,23-24,27-28,42-43,46,48-55,57-58,66-67,74H,15,17-22,25-26,29-41,44-45,47H2,1,3-14H3,(H,73,84)(H,82,83);3-7H2,1-2H3. The molecule has 2 amide bonds. The van der Waals surface area contributed by atoms with Gasteiger partial charge in [0.05, 0.1) is 48.4 Å². The number of terminal acetylenes is 1. The Morgan fingerprint density at radius 2 is 1.59 bits per heavy atom. The minimum atomic E-state index is -0.832. The molecule has 530 valence electrons. The normalized spacial score (nSPS) is 22.4. The van der Waals surface area contributed by atoms with E-state index in [1.165, 1.54) is 44.9 Å². The third-order valence-electron chi connectivity index (χ3n) is 22.8. The van der Waals surface area contributed by atoms with Crippen LogP contribution in [0.2, 0.25) is 0 Å². The molecule has 3 aromatic rings. The van der Waals surface area contributed by atoms with Gasteiger partial charge in [-0.05, 0) is 176 Å². The maximum atomic E-state index is 15.5. The fourth-order valence-corrected chi connectivity index (χ4v) is 16.5. The summed E-state index contributed by atoms with van der Waals surface area (Å²) in [6, 6.07) is 9.60. The van der Waals surface area contributed by atoms with Crippen molar-refractivity contribution in [3.05, 3.63) is 53.9 Å². The molecule has 0 radical (unpaired) electrons. The molecule has 5 heterocycles. The average molecular weight is 1310 g/mol. The number of nitrogens with zero attached hydrogens (tertiary/aromatic N) is 8. The highest BCUT2D eigenvalue weighted by Crippen LogP contribution is 2.50. The van der Waals surface area contributed by atoms with Gasteiger partial charge in [0.15, 0.2) is 0 Å². The number of allylic oxidation sites excluding steroid dienone is 1. The van der Waals surface area contributed by atoms with E-state index >= 15 is 9.59 Å². The molecule has 16 nitrogen and oxygen atoms in total. The summed E-state index contributed by atoms with van der Waals surface area (Å²) < 4.78 is 14.5. The largest absolute Gasteiger partial charge is 0.481 e. The molecule has 3 aliphatic carbocycles. The van der Waals surface area contributed by atoms with E-state index in [-0.39, 0.29) is 66.1 Å². The Bertz CT molecular complexity index is 2980. The van der Waals surface area contributed by atoms with Crippen molar-refractivity contribution in [2.45, 2.75) is 260 Å². The summed E-state index contributed by atoms with van der Waals surface area (Å²) in [6.45, 7) is 37.4. The molecule has 3 N–H and O–H groups in total. The number of aliphatic carboxylic acids is 1. The third kappa shape index (κ3) is 19.3. The fourth-order valence-electron chi connectivity index (χ4n) is 16.5. The highest BCUT2D eigenvalue weighted by Gasteiger charge is 2.43. The summed E-state index contributed by atoms with van der Waals surface area (Å²) in [5.74, 6) is 2.07. The molecule has 0 bridgehead atoms. The number of benzene rings is 1. The maximum absolute atomic E-state index is 15.5. The number of carboxylic acid groups (broad SMARTS) is 1. The van der Waals surface area contributed by atoms with Crippen LogP contribution in [0.15, 0.2) is 42.6 Å². The first-order valence-electron chi connectivity index (χ1n) is 37.7. The van der Waals surface area contributed by atoms with Crippen LogP contribution >= 0.6 is 0 Å². The molecule has 9 rings (SSSR count). The Morgan fingerprint density at radius 3 is 2.16 bits per heavy atom. The topological polar surface area (TPSA) is 151 Å². The Labute approximate surface area is 574 Å². The van der Waals surface area contributed by atoms with Gasteiger partial charge in [-0.2, -0.15) is 0 Å². The van der Waals surface area contributed by atoms with Crippen molar-refractivity contribution in [1.29, 1.82) is 0 Å². The average Bonchev–Trinajstić information content (AvgIpc) is 1.58. The number of amides is 2. The zero-order chi connectivity index (χ0) is 68.7. The summed E-state index contributed by atoms with van der Waals surface area (Å²) in [5, 5.41) is 16.8. The number of pyridine rings is 1. The number of carbonyl (C=O) groups is 3. The van der Waals surface area contributed by atoms with Crippen molar-refractivity contribution < 1.29 is 29.0 Å². The van der Waals surface area contributed by atoms with E-state index in [0.29, 0.717) is 51.2 Å². The molecule has 6 unspecified atom stereocenters. The van der Waals surface area contributed by atoms with Crippen LogP contribution in [0.5, 0.6) is 0 Å². The molecule has 1 aromatic carbocycles. The minimum absolute atomic E-state index is 0.00768. The molecule has 6 aliphatic rings. The van der Waals surface area contributed by atoms with Crippen molar-refractivity contribution in [3.8, 4) is 23.6 Å². The number of aromatic nitrogens is 2. The summed E-state index contributed by atoms with van der Waals surface area (Å²) >= 11 is 0. The lowest BCUT2D eigenvalue weighted by Gasteiger charge is -2.41. The van der Waals surface area contributed by atoms with Crippen LogP contribution < -0.4 is 20.5 Å². The van der Waals surface area contributed by atoms with E-state index in [1.807, 2.05) is 6.20 Å². The summed E-state index contributed by atoms with van der Waals surface area (Å²) in [6.07, 6.45) is 32.1. The highest BCUT2D eigenvalue weighted by atomic mass is 16.5. The van der Waals surface area contributed by atoms with Gasteiger partial charge in [-0.25, -0.2) is 5.43 Å². The predicted octanol–water partition coefficient (Wildman–Crippen LogP) is 14.4. The first-order valence-corrected chi connectivity index (χ1v) is 37.7. The number of rotatable bonds is 34. The van der Waals surface area contributed by atoms with E-state index < -0.39 is 23.5 Å². The number of methoxy groups -OCH3 is 2. The van der Waals surface area contributed by atoms with E-state index in [1.54, 1.807) is 19.2 Å². The predicted molar refractivity (Wildman–Crippen MR) is 391 cm³/mol. The lowest BCUT2D eigenvalue weighted by atomic mass is 9.65. The van der Waals surface area contributed by atoms with E-state index in [0.717, 1.165) is 154 Å². The zero-order valence-electron chi connectivity index (χ0n) is 61.8. The molecule has 6 atom stereocenters. The monoisotopic (exact) mass is 1310 g/mol. The lowest BCUT2D eigenvalue weighted by Crippen LogP contribution is -2.62. The van der Waals surface area contributed by atoms with Crippen LogP contribution in [0, 0.1) is 46.8 Å². The van der Waals surface area contributed by atoms with Gasteiger partial charge in [0, 0.05) is 131 Å². The van der Waals surface area contributed by atoms with Gasteiger partial charge in [-0.1, -0.05) is 108 Å². The molecule has 3 saturated heterocycles. The number of nitrogens with one attached hydrogen (secondary N) is 2. The van der Waals surface area contributed by atoms with Crippen LogP contribution in [-0.2, 0) is 30.3 Å². The smallest absolute Gasteiger partial charge is 0.303 e. The number of carbonyl (C=O) groups excluding carboxylic acids is 2. The van der Waals surface area contributed by atoms with Crippen LogP contribution in [0.4, 0.5) is 11.4 Å². The molecule has 95 heavy (non-hydrogen) atoms. The fraction of sp³-hybridized carbons (Fsp3) is 0.747. The second-order valence-electron chi connectivity index (χ2n) is 31.0. The number of carboxylic acids is 1. The second-order valence-corrected chi connectivity index (χ2v) is 31.0. The molecule has 6 fully saturated rings. The number of hydrogen-bond donors (Lipinski definition) is 3. The van der Waals surface area contributed by atoms with Crippen molar-refractivity contribution in [1.82, 2.24) is 40.0 Å². The van der Waals surface area contributed by atoms with Crippen LogP contribution in [0.3, 0.4) is 0 Å². The van der Waals surface area contributed by atoms with Crippen LogP contribution in [0.25, 0.3) is 22.2 Å². The first kappa shape index (κ1) is 75.7. The van der Waals surface area contributed by atoms with E-state index in [2.05, 4.69) is 172 Å². The molecule has 16 heteroatoms. The number of piperazine rings is 1. The van der Waals surface area contributed by atoms with Crippen LogP contribution in [-0.4, -0.2) is 175 Å². The van der Waals surface area contributed by atoms with E-state index in [9.17, 15) is 9.90 Å². The van der Waals surface area contributed by atoms with E-state index in [4.69, 9.17) is 20.9 Å². The number of ether oxygens (including phenoxy) is 2. The van der Waals surface area contributed by atoms with Gasteiger partial charge >= 0.3 is 5.97 Å². The van der Waals surface area contributed by atoms with Gasteiger partial charge in [0.25, 0.3) is 5.91 Å². The van der Waals surface area contributed by atoms with Gasteiger partial charge in [0.2, 0.25) is 5.91 Å². The molecule has 3 aliphatic heterocycles. The maximum Gasteiger partial charge on any atom is 0.303 e. The van der Waals surface area contributed by atoms with Gasteiger partial charge in [-0.15, -0.1) is 12.3 Å². The molecular formula is C79H128N10O6. The number of likely N-dealkylation sites (tertiary alicyclic amines) is 1. The third-order valence-corrected chi connectivity index (χ3v) is 22.8. The highest BCUT2D eigenvalue weighted by molar-refractivity contribution is 5.95. The van der Waals surface area contributed by atoms with Gasteiger partial charge < -0.3 is 34.3 Å².